The van der Waals surface area contributed by atoms with E-state index < -0.39 is 54.2 Å². The second-order valence-electron chi connectivity index (χ2n) is 13.6. The summed E-state index contributed by atoms with van der Waals surface area (Å²) >= 11 is 0. The van der Waals surface area contributed by atoms with Crippen LogP contribution in [0.4, 0.5) is 8.78 Å². The number of alkyl halides is 2. The molecule has 10 heteroatoms. The van der Waals surface area contributed by atoms with Gasteiger partial charge >= 0.3 is 17.9 Å². The smallest absolute Gasteiger partial charge is 0.310 e. The second kappa shape index (κ2) is 10.2. The summed E-state index contributed by atoms with van der Waals surface area (Å²) in [6.07, 6.45) is 6.82. The highest BCUT2D eigenvalue weighted by molar-refractivity contribution is 5.91. The van der Waals surface area contributed by atoms with Gasteiger partial charge in [0.15, 0.2) is 6.61 Å². The fraction of sp³-hybridized carbons (Fsp3) is 0.867. The van der Waals surface area contributed by atoms with E-state index in [4.69, 9.17) is 14.2 Å². The highest BCUT2D eigenvalue weighted by Gasteiger charge is 2.71. The Bertz CT molecular complexity index is 1050. The minimum atomic E-state index is -3.15. The zero-order valence-corrected chi connectivity index (χ0v) is 23.6. The molecule has 5 aliphatic carbocycles. The number of halogens is 2. The molecule has 6 fully saturated rings. The van der Waals surface area contributed by atoms with Gasteiger partial charge in [-0.15, -0.1) is 0 Å². The van der Waals surface area contributed by atoms with E-state index in [0.29, 0.717) is 19.8 Å². The van der Waals surface area contributed by atoms with Crippen LogP contribution < -0.4 is 0 Å². The summed E-state index contributed by atoms with van der Waals surface area (Å²) in [4.78, 5) is 55.7. The highest BCUT2D eigenvalue weighted by Crippen LogP contribution is 2.61. The van der Waals surface area contributed by atoms with Gasteiger partial charge in [-0.2, -0.15) is 0 Å². The largest absolute Gasteiger partial charge is 0.462 e. The minimum Gasteiger partial charge on any atom is -0.462 e. The number of ether oxygens (including phenoxy) is 3. The van der Waals surface area contributed by atoms with E-state index in [-0.39, 0.29) is 53.7 Å². The molecule has 1 heterocycles. The van der Waals surface area contributed by atoms with Crippen molar-refractivity contribution in [2.45, 2.75) is 109 Å². The van der Waals surface area contributed by atoms with Crippen molar-refractivity contribution in [2.75, 3.05) is 6.61 Å². The van der Waals surface area contributed by atoms with Crippen molar-refractivity contribution in [3.63, 3.8) is 0 Å². The second-order valence-corrected chi connectivity index (χ2v) is 13.6. The van der Waals surface area contributed by atoms with Crippen LogP contribution in [0.3, 0.4) is 0 Å². The summed E-state index contributed by atoms with van der Waals surface area (Å²) in [5.41, 5.74) is 0. The summed E-state index contributed by atoms with van der Waals surface area (Å²) in [5, 5.41) is 0. The van der Waals surface area contributed by atoms with Crippen LogP contribution in [0.15, 0.2) is 0 Å². The average Bonchev–Trinajstić information content (AvgIpc) is 3.69. The number of carbonyl (C=O) groups excluding carboxylic acids is 4. The Hall–Kier alpha value is -2.26. The molecular formula is C30H41F2NO7. The molecule has 1 aliphatic heterocycles. The molecule has 40 heavy (non-hydrogen) atoms. The molecule has 0 N–H and O–H groups in total. The SMILES string of the molecule is CC(C)N1C(=O)C2C3CC(C(OC(=O)C4C5CCC(C5)C4C(=O)OCC(C)(F)F)C31)C2C(=O)OC1CCCCC1. The molecule has 0 spiro atoms. The summed E-state index contributed by atoms with van der Waals surface area (Å²) in [7, 11) is 0. The van der Waals surface area contributed by atoms with Crippen LogP contribution in [-0.2, 0) is 33.4 Å². The number of rotatable bonds is 8. The molecule has 4 bridgehead atoms. The highest BCUT2D eigenvalue weighted by atomic mass is 19.3. The average molecular weight is 566 g/mol. The summed E-state index contributed by atoms with van der Waals surface area (Å²) in [6, 6.07) is -0.438. The van der Waals surface area contributed by atoms with Gasteiger partial charge in [0.05, 0.1) is 29.7 Å². The maximum Gasteiger partial charge on any atom is 0.310 e. The number of carbonyl (C=O) groups is 4. The molecule has 6 rings (SSSR count). The first-order valence-corrected chi connectivity index (χ1v) is 15.2. The third kappa shape index (κ3) is 4.61. The van der Waals surface area contributed by atoms with Crippen molar-refractivity contribution in [1.29, 1.82) is 0 Å². The van der Waals surface area contributed by atoms with Crippen molar-refractivity contribution < 1.29 is 42.2 Å². The van der Waals surface area contributed by atoms with Crippen LogP contribution in [-0.4, -0.2) is 65.5 Å². The van der Waals surface area contributed by atoms with Crippen LogP contribution >= 0.6 is 0 Å². The Morgan fingerprint density at radius 1 is 0.875 bits per heavy atom. The van der Waals surface area contributed by atoms with Crippen LogP contribution in [0.2, 0.25) is 0 Å². The van der Waals surface area contributed by atoms with Gasteiger partial charge in [0.2, 0.25) is 5.91 Å². The Morgan fingerprint density at radius 2 is 1.50 bits per heavy atom. The Labute approximate surface area is 233 Å². The van der Waals surface area contributed by atoms with Crippen molar-refractivity contribution in [1.82, 2.24) is 4.90 Å². The number of likely N-dealkylation sites (tertiary alicyclic amines) is 1. The first-order chi connectivity index (χ1) is 19.0. The van der Waals surface area contributed by atoms with E-state index in [0.717, 1.165) is 44.9 Å². The lowest BCUT2D eigenvalue weighted by Crippen LogP contribution is -2.50. The molecule has 6 aliphatic rings. The van der Waals surface area contributed by atoms with Gasteiger partial charge in [0.25, 0.3) is 5.92 Å². The lowest BCUT2D eigenvalue weighted by molar-refractivity contribution is -0.177. The van der Waals surface area contributed by atoms with E-state index in [1.54, 1.807) is 4.90 Å². The number of hydrogen-bond donors (Lipinski definition) is 0. The Kier molecular flexibility index (Phi) is 7.13. The summed E-state index contributed by atoms with van der Waals surface area (Å²) in [6.45, 7) is 3.52. The van der Waals surface area contributed by atoms with E-state index in [1.165, 1.54) is 0 Å². The van der Waals surface area contributed by atoms with Crippen LogP contribution in [0.25, 0.3) is 0 Å². The fourth-order valence-electron chi connectivity index (χ4n) is 9.33. The normalized spacial score (nSPS) is 40.2. The molecule has 8 nitrogen and oxygen atoms in total. The molecule has 1 amide bonds. The van der Waals surface area contributed by atoms with Gasteiger partial charge in [-0.1, -0.05) is 6.42 Å². The quantitative estimate of drug-likeness (QED) is 0.322. The molecule has 0 aromatic heterocycles. The standard InChI is InChI=1S/C30H41F2NO7/c1-14(2)33-24-18-12-19(23(22(18)26(33)34)29(37)39-17-7-5-4-6-8-17)25(24)40-28(36)21-16-10-9-15(11-16)20(21)27(35)38-13-30(3,31)32/h14-25H,4-13H2,1-3H3. The van der Waals surface area contributed by atoms with Gasteiger partial charge in [-0.05, 0) is 83.0 Å². The van der Waals surface area contributed by atoms with Crippen molar-refractivity contribution in [3.05, 3.63) is 0 Å². The minimum absolute atomic E-state index is 0.0676. The predicted octanol–water partition coefficient (Wildman–Crippen LogP) is 4.14. The van der Waals surface area contributed by atoms with Crippen molar-refractivity contribution in [2.24, 2.45) is 47.3 Å². The van der Waals surface area contributed by atoms with Gasteiger partial charge in [-0.25, -0.2) is 8.78 Å². The molecule has 0 radical (unpaired) electrons. The zero-order valence-electron chi connectivity index (χ0n) is 23.6. The van der Waals surface area contributed by atoms with Gasteiger partial charge < -0.3 is 19.1 Å². The molecule has 5 saturated carbocycles. The Morgan fingerprint density at radius 3 is 2.12 bits per heavy atom. The maximum atomic E-state index is 13.8. The predicted molar refractivity (Wildman–Crippen MR) is 137 cm³/mol. The van der Waals surface area contributed by atoms with E-state index in [9.17, 15) is 28.0 Å². The molecule has 1 saturated heterocycles. The van der Waals surface area contributed by atoms with Gasteiger partial charge in [0.1, 0.15) is 12.2 Å². The topological polar surface area (TPSA) is 99.2 Å². The third-order valence-electron chi connectivity index (χ3n) is 10.8. The van der Waals surface area contributed by atoms with Gasteiger partial charge in [0, 0.05) is 18.9 Å². The lowest BCUT2D eigenvalue weighted by Gasteiger charge is -2.37. The molecule has 0 aromatic carbocycles. The number of fused-ring (bicyclic) bond motifs is 3. The van der Waals surface area contributed by atoms with Crippen LogP contribution in [0, 0.1) is 47.3 Å². The monoisotopic (exact) mass is 565 g/mol. The first kappa shape index (κ1) is 27.9. The third-order valence-corrected chi connectivity index (χ3v) is 10.8. The molecule has 222 valence electrons. The summed E-state index contributed by atoms with van der Waals surface area (Å²) in [5.74, 6) is -8.12. The van der Waals surface area contributed by atoms with Gasteiger partial charge in [-0.3, -0.25) is 19.2 Å². The zero-order chi connectivity index (χ0) is 28.5. The Balaban J connectivity index is 1.22. The first-order valence-electron chi connectivity index (χ1n) is 15.2. The van der Waals surface area contributed by atoms with Crippen molar-refractivity contribution in [3.8, 4) is 0 Å². The van der Waals surface area contributed by atoms with Crippen molar-refractivity contribution >= 4 is 23.8 Å². The van der Waals surface area contributed by atoms with E-state index in [1.807, 2.05) is 13.8 Å². The van der Waals surface area contributed by atoms with Crippen LogP contribution in [0.1, 0.15) is 78.6 Å². The van der Waals surface area contributed by atoms with E-state index >= 15 is 0 Å². The number of amides is 1. The lowest BCUT2D eigenvalue weighted by atomic mass is 9.77. The number of hydrogen-bond acceptors (Lipinski definition) is 7. The van der Waals surface area contributed by atoms with Crippen LogP contribution in [0.5, 0.6) is 0 Å². The number of esters is 3. The molecule has 10 unspecified atom stereocenters. The maximum absolute atomic E-state index is 13.8. The molecule has 0 aromatic rings. The fourth-order valence-corrected chi connectivity index (χ4v) is 9.33. The summed E-state index contributed by atoms with van der Waals surface area (Å²) < 4.78 is 44.0. The van der Waals surface area contributed by atoms with E-state index in [2.05, 4.69) is 0 Å². The number of nitrogens with zero attached hydrogens (tertiary/aromatic N) is 1. The molecular weight excluding hydrogens is 524 g/mol. The molecule has 10 atom stereocenters.